The lowest BCUT2D eigenvalue weighted by Gasteiger charge is -2.27. The molecule has 0 amide bonds. The maximum absolute atomic E-state index is 5.93. The molecule has 3 nitrogen and oxygen atoms in total. The van der Waals surface area contributed by atoms with Crippen LogP contribution in [-0.4, -0.2) is 25.6 Å². The summed E-state index contributed by atoms with van der Waals surface area (Å²) in [5.41, 5.74) is 7.95. The quantitative estimate of drug-likeness (QED) is 0.838. The average Bonchev–Trinajstić information content (AvgIpc) is 2.99. The van der Waals surface area contributed by atoms with Crippen molar-refractivity contribution in [2.24, 2.45) is 17.8 Å². The normalized spacial score (nSPS) is 28.2. The van der Waals surface area contributed by atoms with Gasteiger partial charge in [0.1, 0.15) is 5.75 Å². The lowest BCUT2D eigenvalue weighted by molar-refractivity contribution is 0.214. The van der Waals surface area contributed by atoms with Gasteiger partial charge in [-0.3, -0.25) is 0 Å². The predicted octanol–water partition coefficient (Wildman–Crippen LogP) is 3.15. The summed E-state index contributed by atoms with van der Waals surface area (Å²) in [5, 5.41) is 0. The van der Waals surface area contributed by atoms with Gasteiger partial charge in [0.15, 0.2) is 0 Å². The van der Waals surface area contributed by atoms with Crippen LogP contribution in [0.3, 0.4) is 0 Å². The van der Waals surface area contributed by atoms with Gasteiger partial charge in [-0.25, -0.2) is 0 Å². The van der Waals surface area contributed by atoms with Gasteiger partial charge < -0.3 is 15.4 Å². The Kier molecular flexibility index (Phi) is 3.88. The summed E-state index contributed by atoms with van der Waals surface area (Å²) in [4.78, 5) is 2.44. The standard InChI is InChI=1S/C17H26N2O/c1-19(11-15-6-12-3-4-14(15)5-12)10-13-7-16(18)9-17(8-13)20-2/h7-9,12,14-15H,3-6,10-11,18H2,1-2H3. The molecule has 3 unspecified atom stereocenters. The van der Waals surface area contributed by atoms with Crippen molar-refractivity contribution in [3.8, 4) is 5.75 Å². The molecule has 0 aliphatic heterocycles. The van der Waals surface area contributed by atoms with Gasteiger partial charge in [0, 0.05) is 24.8 Å². The first-order valence-electron chi connectivity index (χ1n) is 7.76. The molecule has 2 saturated carbocycles. The molecule has 0 spiro atoms. The average molecular weight is 274 g/mol. The summed E-state index contributed by atoms with van der Waals surface area (Å²) in [6, 6.07) is 6.02. The SMILES string of the molecule is COc1cc(N)cc(CN(C)CC2CC3CCC2C3)c1. The zero-order valence-corrected chi connectivity index (χ0v) is 12.6. The van der Waals surface area contributed by atoms with Gasteiger partial charge in [-0.05, 0) is 61.8 Å². The van der Waals surface area contributed by atoms with Crippen LogP contribution in [0.1, 0.15) is 31.2 Å². The monoisotopic (exact) mass is 274 g/mol. The second-order valence-electron chi connectivity index (χ2n) is 6.75. The highest BCUT2D eigenvalue weighted by atomic mass is 16.5. The predicted molar refractivity (Wildman–Crippen MR) is 82.7 cm³/mol. The van der Waals surface area contributed by atoms with E-state index in [1.54, 1.807) is 7.11 Å². The number of hydrogen-bond acceptors (Lipinski definition) is 3. The molecule has 2 aliphatic rings. The number of nitrogens with two attached hydrogens (primary N) is 1. The van der Waals surface area contributed by atoms with Crippen LogP contribution in [0, 0.1) is 17.8 Å². The molecule has 2 fully saturated rings. The highest BCUT2D eigenvalue weighted by molar-refractivity contribution is 5.47. The number of nitrogens with zero attached hydrogens (tertiary/aromatic N) is 1. The molecule has 0 saturated heterocycles. The van der Waals surface area contributed by atoms with Gasteiger partial charge in [-0.15, -0.1) is 0 Å². The minimum atomic E-state index is 0.785. The minimum Gasteiger partial charge on any atom is -0.497 e. The fourth-order valence-corrected chi connectivity index (χ4v) is 4.27. The lowest BCUT2D eigenvalue weighted by atomic mass is 9.88. The molecule has 0 heterocycles. The maximum atomic E-state index is 5.93. The molecule has 1 aromatic carbocycles. The minimum absolute atomic E-state index is 0.785. The third kappa shape index (κ3) is 2.93. The highest BCUT2D eigenvalue weighted by Gasteiger charge is 2.39. The molecule has 20 heavy (non-hydrogen) atoms. The van der Waals surface area contributed by atoms with Crippen molar-refractivity contribution < 1.29 is 4.74 Å². The van der Waals surface area contributed by atoms with Crippen molar-refractivity contribution in [2.75, 3.05) is 26.4 Å². The molecule has 2 N–H and O–H groups in total. The van der Waals surface area contributed by atoms with E-state index < -0.39 is 0 Å². The summed E-state index contributed by atoms with van der Waals surface area (Å²) in [7, 11) is 3.92. The fourth-order valence-electron chi connectivity index (χ4n) is 4.27. The smallest absolute Gasteiger partial charge is 0.121 e. The Morgan fingerprint density at radius 2 is 2.10 bits per heavy atom. The Morgan fingerprint density at radius 1 is 1.25 bits per heavy atom. The first-order chi connectivity index (χ1) is 9.64. The van der Waals surface area contributed by atoms with E-state index in [-0.39, 0.29) is 0 Å². The summed E-state index contributed by atoms with van der Waals surface area (Å²) in [5.74, 6) is 3.80. The molecule has 3 rings (SSSR count). The first kappa shape index (κ1) is 13.7. The Balaban J connectivity index is 1.58. The molecule has 3 heteroatoms. The summed E-state index contributed by atoms with van der Waals surface area (Å²) in [6.07, 6.45) is 5.90. The van der Waals surface area contributed by atoms with E-state index in [0.717, 1.165) is 35.7 Å². The van der Waals surface area contributed by atoms with Crippen LogP contribution in [0.5, 0.6) is 5.75 Å². The third-order valence-corrected chi connectivity index (χ3v) is 5.11. The Bertz CT molecular complexity index is 474. The van der Waals surface area contributed by atoms with E-state index in [2.05, 4.69) is 24.1 Å². The molecule has 0 radical (unpaired) electrons. The van der Waals surface area contributed by atoms with Crippen LogP contribution >= 0.6 is 0 Å². The van der Waals surface area contributed by atoms with E-state index in [0.29, 0.717) is 0 Å². The van der Waals surface area contributed by atoms with Crippen molar-refractivity contribution in [2.45, 2.75) is 32.2 Å². The van der Waals surface area contributed by atoms with Crippen molar-refractivity contribution >= 4 is 5.69 Å². The summed E-state index contributed by atoms with van der Waals surface area (Å²) < 4.78 is 5.29. The van der Waals surface area contributed by atoms with E-state index in [1.807, 2.05) is 6.07 Å². The van der Waals surface area contributed by atoms with Crippen molar-refractivity contribution in [1.82, 2.24) is 4.90 Å². The number of rotatable bonds is 5. The zero-order chi connectivity index (χ0) is 14.1. The molecule has 110 valence electrons. The molecular weight excluding hydrogens is 248 g/mol. The second kappa shape index (κ2) is 5.65. The topological polar surface area (TPSA) is 38.5 Å². The van der Waals surface area contributed by atoms with Crippen LogP contribution in [0.25, 0.3) is 0 Å². The lowest BCUT2D eigenvalue weighted by Crippen LogP contribution is -2.28. The number of methoxy groups -OCH3 is 1. The van der Waals surface area contributed by atoms with Crippen LogP contribution in [0.4, 0.5) is 5.69 Å². The molecule has 2 bridgehead atoms. The van der Waals surface area contributed by atoms with Gasteiger partial charge in [-0.1, -0.05) is 6.42 Å². The fraction of sp³-hybridized carbons (Fsp3) is 0.647. The second-order valence-corrected chi connectivity index (χ2v) is 6.75. The van der Waals surface area contributed by atoms with E-state index >= 15 is 0 Å². The van der Waals surface area contributed by atoms with Crippen LogP contribution in [-0.2, 0) is 6.54 Å². The number of ether oxygens (including phenoxy) is 1. The number of benzene rings is 1. The molecule has 1 aromatic rings. The van der Waals surface area contributed by atoms with Crippen LogP contribution in [0.2, 0.25) is 0 Å². The number of fused-ring (bicyclic) bond motifs is 2. The Labute approximate surface area is 122 Å². The van der Waals surface area contributed by atoms with E-state index in [4.69, 9.17) is 10.5 Å². The largest absolute Gasteiger partial charge is 0.497 e. The van der Waals surface area contributed by atoms with Gasteiger partial charge in [0.05, 0.1) is 7.11 Å². The van der Waals surface area contributed by atoms with Gasteiger partial charge >= 0.3 is 0 Å². The van der Waals surface area contributed by atoms with Gasteiger partial charge in [0.2, 0.25) is 0 Å². The molecule has 2 aliphatic carbocycles. The first-order valence-corrected chi connectivity index (χ1v) is 7.76. The van der Waals surface area contributed by atoms with E-state index in [9.17, 15) is 0 Å². The van der Waals surface area contributed by atoms with Gasteiger partial charge in [0.25, 0.3) is 0 Å². The molecule has 3 atom stereocenters. The molecular formula is C17H26N2O. The number of nitrogen functional groups attached to an aromatic ring is 1. The summed E-state index contributed by atoms with van der Waals surface area (Å²) in [6.45, 7) is 2.17. The number of hydrogen-bond donors (Lipinski definition) is 1. The van der Waals surface area contributed by atoms with Crippen LogP contribution < -0.4 is 10.5 Å². The Morgan fingerprint density at radius 3 is 2.75 bits per heavy atom. The van der Waals surface area contributed by atoms with Crippen molar-refractivity contribution in [3.63, 3.8) is 0 Å². The van der Waals surface area contributed by atoms with Gasteiger partial charge in [-0.2, -0.15) is 0 Å². The van der Waals surface area contributed by atoms with Crippen molar-refractivity contribution in [3.05, 3.63) is 23.8 Å². The Hall–Kier alpha value is -1.22. The highest BCUT2D eigenvalue weighted by Crippen LogP contribution is 2.48. The van der Waals surface area contributed by atoms with E-state index in [1.165, 1.54) is 37.8 Å². The van der Waals surface area contributed by atoms with Crippen molar-refractivity contribution in [1.29, 1.82) is 0 Å². The summed E-state index contributed by atoms with van der Waals surface area (Å²) >= 11 is 0. The third-order valence-electron chi connectivity index (χ3n) is 5.11. The zero-order valence-electron chi connectivity index (χ0n) is 12.6. The maximum Gasteiger partial charge on any atom is 0.121 e. The van der Waals surface area contributed by atoms with Crippen LogP contribution in [0.15, 0.2) is 18.2 Å². The number of anilines is 1. The molecule has 0 aromatic heterocycles.